The molecule has 0 aliphatic carbocycles. The van der Waals surface area contributed by atoms with Gasteiger partial charge in [-0.2, -0.15) is 0 Å². The highest BCUT2D eigenvalue weighted by Gasteiger charge is 2.37. The van der Waals surface area contributed by atoms with E-state index in [1.165, 1.54) is 18.2 Å². The zero-order valence-electron chi connectivity index (χ0n) is 22.9. The Kier molecular flexibility index (Phi) is 7.93. The Morgan fingerprint density at radius 1 is 1.00 bits per heavy atom. The van der Waals surface area contributed by atoms with Crippen LogP contribution in [0.1, 0.15) is 89.9 Å². The fraction of sp³-hybridized carbons (Fsp3) is 0.500. The van der Waals surface area contributed by atoms with E-state index in [-0.39, 0.29) is 30.3 Å². The number of nitrogens with zero attached hydrogens (tertiary/aromatic N) is 2. The molecule has 204 valence electrons. The van der Waals surface area contributed by atoms with Crippen LogP contribution in [0.5, 0.6) is 0 Å². The molecule has 0 bridgehead atoms. The summed E-state index contributed by atoms with van der Waals surface area (Å²) in [5, 5.41) is 10.3. The van der Waals surface area contributed by atoms with Crippen LogP contribution >= 0.6 is 0 Å². The van der Waals surface area contributed by atoms with E-state index in [9.17, 15) is 23.9 Å². The minimum absolute atomic E-state index is 0.0287. The summed E-state index contributed by atoms with van der Waals surface area (Å²) in [6.45, 7) is 11.1. The van der Waals surface area contributed by atoms with E-state index in [0.29, 0.717) is 30.8 Å². The van der Waals surface area contributed by atoms with Crippen molar-refractivity contribution in [1.82, 2.24) is 9.80 Å². The Balaban J connectivity index is 1.79. The first-order chi connectivity index (χ1) is 17.9. The zero-order valence-corrected chi connectivity index (χ0v) is 22.9. The van der Waals surface area contributed by atoms with Gasteiger partial charge in [-0.05, 0) is 105 Å². The van der Waals surface area contributed by atoms with Crippen LogP contribution in [0.4, 0.5) is 4.39 Å². The third-order valence-electron chi connectivity index (χ3n) is 7.50. The van der Waals surface area contributed by atoms with Gasteiger partial charge in [-0.1, -0.05) is 6.07 Å². The summed E-state index contributed by atoms with van der Waals surface area (Å²) in [5.41, 5.74) is 3.98. The summed E-state index contributed by atoms with van der Waals surface area (Å²) < 4.78 is 19.9. The zero-order chi connectivity index (χ0) is 27.8. The molecule has 1 unspecified atom stereocenters. The van der Waals surface area contributed by atoms with E-state index >= 15 is 0 Å². The number of carbonyl (C=O) groups is 3. The predicted molar refractivity (Wildman–Crippen MR) is 141 cm³/mol. The van der Waals surface area contributed by atoms with Crippen molar-refractivity contribution >= 4 is 17.8 Å². The average Bonchev–Trinajstić information content (AvgIpc) is 3.32. The minimum Gasteiger partial charge on any atom is -0.479 e. The van der Waals surface area contributed by atoms with Crippen LogP contribution < -0.4 is 0 Å². The molecule has 0 spiro atoms. The lowest BCUT2D eigenvalue weighted by molar-refractivity contribution is -0.160. The molecule has 7 nitrogen and oxygen atoms in total. The SMILES string of the molecule is Cc1c2c(c(C)c(C(OC(C)(C)C)C(=O)O)c1CC(=O)N1CCCCC1)CN(C(=O)c1cccc(F)c1)C2. The highest BCUT2D eigenvalue weighted by atomic mass is 19.1. The van der Waals surface area contributed by atoms with Gasteiger partial charge in [0.05, 0.1) is 12.0 Å². The number of amides is 2. The van der Waals surface area contributed by atoms with Crippen molar-refractivity contribution in [3.8, 4) is 0 Å². The second-order valence-electron chi connectivity index (χ2n) is 11.3. The summed E-state index contributed by atoms with van der Waals surface area (Å²) in [6, 6.07) is 5.60. The first kappa shape index (κ1) is 27.8. The first-order valence-electron chi connectivity index (χ1n) is 13.2. The normalized spacial score (nSPS) is 16.4. The Morgan fingerprint density at radius 3 is 2.21 bits per heavy atom. The van der Waals surface area contributed by atoms with Crippen molar-refractivity contribution in [3.05, 3.63) is 69.0 Å². The second-order valence-corrected chi connectivity index (χ2v) is 11.3. The molecule has 38 heavy (non-hydrogen) atoms. The molecule has 1 saturated heterocycles. The number of piperidine rings is 1. The third-order valence-corrected chi connectivity index (χ3v) is 7.50. The molecule has 8 heteroatoms. The van der Waals surface area contributed by atoms with Crippen LogP contribution in [0, 0.1) is 19.7 Å². The predicted octanol–water partition coefficient (Wildman–Crippen LogP) is 5.09. The van der Waals surface area contributed by atoms with E-state index in [1.807, 2.05) is 18.7 Å². The van der Waals surface area contributed by atoms with Crippen LogP contribution in [0.2, 0.25) is 0 Å². The molecule has 0 aromatic heterocycles. The number of halogens is 1. The van der Waals surface area contributed by atoms with Crippen molar-refractivity contribution in [2.45, 2.75) is 85.1 Å². The monoisotopic (exact) mass is 524 g/mol. The summed E-state index contributed by atoms with van der Waals surface area (Å²) >= 11 is 0. The molecule has 2 amide bonds. The largest absolute Gasteiger partial charge is 0.479 e. The molecule has 2 heterocycles. The molecule has 2 aromatic carbocycles. The topological polar surface area (TPSA) is 87.2 Å². The number of hydrogen-bond acceptors (Lipinski definition) is 4. The number of benzene rings is 2. The minimum atomic E-state index is -1.27. The van der Waals surface area contributed by atoms with Gasteiger partial charge in [0.15, 0.2) is 6.10 Å². The quantitative estimate of drug-likeness (QED) is 0.569. The summed E-state index contributed by atoms with van der Waals surface area (Å²) in [4.78, 5) is 42.7. The lowest BCUT2D eigenvalue weighted by Gasteiger charge is -2.31. The molecule has 2 aliphatic rings. The summed E-state index contributed by atoms with van der Waals surface area (Å²) in [5.74, 6) is -1.93. The number of fused-ring (bicyclic) bond motifs is 1. The highest BCUT2D eigenvalue weighted by Crippen LogP contribution is 2.40. The number of hydrogen-bond donors (Lipinski definition) is 1. The maximum absolute atomic E-state index is 13.8. The standard InChI is InChI=1S/C30H37FN2O5/c1-18-22(15-25(34)32-12-7-6-8-13-32)26(27(29(36)37)38-30(3,4)5)19(2)24-17-33(16-23(18)24)28(35)20-10-9-11-21(31)14-20/h9-11,14,27H,6-8,12-13,15-17H2,1-5H3,(H,36,37). The number of aliphatic carboxylic acids is 1. The number of carboxylic acid groups (broad SMARTS) is 1. The smallest absolute Gasteiger partial charge is 0.337 e. The Morgan fingerprint density at radius 2 is 1.63 bits per heavy atom. The van der Waals surface area contributed by atoms with Crippen molar-refractivity contribution in [2.24, 2.45) is 0 Å². The molecule has 1 N–H and O–H groups in total. The Hall–Kier alpha value is -3.26. The maximum atomic E-state index is 13.8. The summed E-state index contributed by atoms with van der Waals surface area (Å²) in [6.07, 6.45) is 1.83. The van der Waals surface area contributed by atoms with Crippen LogP contribution in [0.3, 0.4) is 0 Å². The van der Waals surface area contributed by atoms with Crippen LogP contribution in [0.25, 0.3) is 0 Å². The Labute approximate surface area is 223 Å². The highest BCUT2D eigenvalue weighted by molar-refractivity contribution is 5.94. The fourth-order valence-electron chi connectivity index (χ4n) is 5.61. The maximum Gasteiger partial charge on any atom is 0.337 e. The van der Waals surface area contributed by atoms with Crippen LogP contribution in [-0.2, 0) is 33.8 Å². The molecule has 1 fully saturated rings. The summed E-state index contributed by atoms with van der Waals surface area (Å²) in [7, 11) is 0. The molecule has 2 aromatic rings. The van der Waals surface area contributed by atoms with Crippen molar-refractivity contribution in [3.63, 3.8) is 0 Å². The van der Waals surface area contributed by atoms with Gasteiger partial charge in [-0.3, -0.25) is 9.59 Å². The lowest BCUT2D eigenvalue weighted by Crippen LogP contribution is -2.37. The van der Waals surface area contributed by atoms with Crippen molar-refractivity contribution in [2.75, 3.05) is 13.1 Å². The average molecular weight is 525 g/mol. The van der Waals surface area contributed by atoms with E-state index in [2.05, 4.69) is 0 Å². The number of carboxylic acids is 1. The fourth-order valence-corrected chi connectivity index (χ4v) is 5.61. The van der Waals surface area contributed by atoms with Crippen LogP contribution in [0.15, 0.2) is 24.3 Å². The number of rotatable bonds is 6. The van der Waals surface area contributed by atoms with Crippen LogP contribution in [-0.4, -0.2) is 51.4 Å². The number of ether oxygens (including phenoxy) is 1. The van der Waals surface area contributed by atoms with E-state index in [4.69, 9.17) is 4.74 Å². The third kappa shape index (κ3) is 5.75. The molecular formula is C30H37FN2O5. The lowest BCUT2D eigenvalue weighted by atomic mass is 9.84. The van der Waals surface area contributed by atoms with Crippen molar-refractivity contribution < 1.29 is 28.6 Å². The van der Waals surface area contributed by atoms with Gasteiger partial charge < -0.3 is 19.6 Å². The van der Waals surface area contributed by atoms with Crippen molar-refractivity contribution in [1.29, 1.82) is 0 Å². The molecule has 0 radical (unpaired) electrons. The van der Waals surface area contributed by atoms with Gasteiger partial charge in [-0.25, -0.2) is 9.18 Å². The number of carbonyl (C=O) groups excluding carboxylic acids is 2. The van der Waals surface area contributed by atoms with E-state index in [1.54, 1.807) is 31.7 Å². The first-order valence-corrected chi connectivity index (χ1v) is 13.2. The molecule has 2 aliphatic heterocycles. The molecular weight excluding hydrogens is 487 g/mol. The molecule has 4 rings (SSSR count). The van der Waals surface area contributed by atoms with E-state index < -0.39 is 23.5 Å². The van der Waals surface area contributed by atoms with Gasteiger partial charge >= 0.3 is 5.97 Å². The molecule has 1 atom stereocenters. The Bertz CT molecular complexity index is 1260. The molecule has 0 saturated carbocycles. The second kappa shape index (κ2) is 10.8. The number of likely N-dealkylation sites (tertiary alicyclic amines) is 1. The van der Waals surface area contributed by atoms with Gasteiger partial charge in [0, 0.05) is 31.7 Å². The van der Waals surface area contributed by atoms with Gasteiger partial charge in [0.2, 0.25) is 5.91 Å². The van der Waals surface area contributed by atoms with E-state index in [0.717, 1.165) is 41.5 Å². The van der Waals surface area contributed by atoms with Gasteiger partial charge in [-0.15, -0.1) is 0 Å². The van der Waals surface area contributed by atoms with Gasteiger partial charge in [0.1, 0.15) is 5.82 Å². The van der Waals surface area contributed by atoms with Gasteiger partial charge in [0.25, 0.3) is 5.91 Å².